The Morgan fingerprint density at radius 2 is 1.50 bits per heavy atom. The highest BCUT2D eigenvalue weighted by Crippen LogP contribution is 2.10. The molecule has 0 aromatic heterocycles. The molecule has 0 saturated carbocycles. The lowest BCUT2D eigenvalue weighted by molar-refractivity contribution is -0.184. The second-order valence-electron chi connectivity index (χ2n) is 4.04. The van der Waals surface area contributed by atoms with Gasteiger partial charge in [0.25, 0.3) is 0 Å². The van der Waals surface area contributed by atoms with Crippen LogP contribution < -0.4 is 0 Å². The van der Waals surface area contributed by atoms with Gasteiger partial charge in [-0.15, -0.1) is 0 Å². The Kier molecular flexibility index (Phi) is 6.75. The summed E-state index contributed by atoms with van der Waals surface area (Å²) in [7, 11) is 0. The number of ether oxygens (including phenoxy) is 2. The van der Waals surface area contributed by atoms with E-state index in [1.807, 2.05) is 27.7 Å². The van der Waals surface area contributed by atoms with Gasteiger partial charge in [0, 0.05) is 12.8 Å². The second-order valence-corrected chi connectivity index (χ2v) is 4.04. The molecule has 0 fully saturated rings. The van der Waals surface area contributed by atoms with Crippen LogP contribution in [0.2, 0.25) is 0 Å². The lowest BCUT2D eigenvalue weighted by Gasteiger charge is -2.22. The van der Waals surface area contributed by atoms with Gasteiger partial charge >= 0.3 is 0 Å². The summed E-state index contributed by atoms with van der Waals surface area (Å²) in [6.07, 6.45) is 1.17. The van der Waals surface area contributed by atoms with Crippen LogP contribution in [0.15, 0.2) is 0 Å². The number of ketones is 1. The number of hydrogen-bond donors (Lipinski definition) is 0. The molecule has 0 rings (SSSR count). The van der Waals surface area contributed by atoms with Crippen LogP contribution in [0.5, 0.6) is 0 Å². The average Bonchev–Trinajstić information content (AvgIpc) is 1.97. The van der Waals surface area contributed by atoms with Crippen molar-refractivity contribution in [3.8, 4) is 0 Å². The Morgan fingerprint density at radius 3 is 1.79 bits per heavy atom. The summed E-state index contributed by atoms with van der Waals surface area (Å²) in [5.41, 5.74) is 0. The molecule has 0 amide bonds. The van der Waals surface area contributed by atoms with Crippen LogP contribution in [0.3, 0.4) is 0 Å². The predicted octanol–water partition coefficient (Wildman–Crippen LogP) is 2.53. The van der Waals surface area contributed by atoms with Crippen molar-refractivity contribution in [3.63, 3.8) is 0 Å². The highest BCUT2D eigenvalue weighted by Gasteiger charge is 2.13. The van der Waals surface area contributed by atoms with Gasteiger partial charge in [0.1, 0.15) is 5.78 Å². The number of carbonyl (C=O) groups excluding carboxylic acids is 1. The monoisotopic (exact) mass is 202 g/mol. The summed E-state index contributed by atoms with van der Waals surface area (Å²) in [5.74, 6) is 0.176. The number of hydrogen-bond acceptors (Lipinski definition) is 3. The fraction of sp³-hybridized carbons (Fsp3) is 0.909. The second kappa shape index (κ2) is 6.96. The van der Waals surface area contributed by atoms with Crippen molar-refractivity contribution < 1.29 is 14.3 Å². The first-order valence-corrected chi connectivity index (χ1v) is 5.22. The molecule has 0 aliphatic carbocycles. The molecule has 0 aliphatic heterocycles. The minimum Gasteiger partial charge on any atom is -0.350 e. The Bertz CT molecular complexity index is 154. The van der Waals surface area contributed by atoms with Crippen LogP contribution in [0, 0.1) is 0 Å². The zero-order valence-corrected chi connectivity index (χ0v) is 9.87. The fourth-order valence-electron chi connectivity index (χ4n) is 1.10. The molecule has 0 atom stereocenters. The van der Waals surface area contributed by atoms with E-state index in [0.717, 1.165) is 0 Å². The number of rotatable bonds is 7. The fourth-order valence-corrected chi connectivity index (χ4v) is 1.10. The molecule has 0 aliphatic rings. The summed E-state index contributed by atoms with van der Waals surface area (Å²) < 4.78 is 11.1. The van der Waals surface area contributed by atoms with Gasteiger partial charge in [-0.25, -0.2) is 0 Å². The summed E-state index contributed by atoms with van der Waals surface area (Å²) in [6, 6.07) is 0. The maximum atomic E-state index is 10.8. The largest absolute Gasteiger partial charge is 0.350 e. The molecule has 0 unspecified atom stereocenters. The zero-order chi connectivity index (χ0) is 11.1. The summed E-state index contributed by atoms with van der Waals surface area (Å²) in [5, 5.41) is 0. The van der Waals surface area contributed by atoms with Crippen LogP contribution in [0.1, 0.15) is 47.5 Å². The molecule has 0 N–H and O–H groups in total. The molecule has 3 heteroatoms. The maximum absolute atomic E-state index is 10.8. The molecular weight excluding hydrogens is 180 g/mol. The van der Waals surface area contributed by atoms with Crippen molar-refractivity contribution in [2.75, 3.05) is 0 Å². The van der Waals surface area contributed by atoms with Crippen LogP contribution in [-0.4, -0.2) is 24.3 Å². The standard InChI is InChI=1S/C11H22O3/c1-8(2)13-11(14-9(3)4)7-6-10(5)12/h8-9,11H,6-7H2,1-5H3. The SMILES string of the molecule is CC(=O)CCC(OC(C)C)OC(C)C. The first-order valence-electron chi connectivity index (χ1n) is 5.22. The minimum atomic E-state index is -0.251. The molecule has 0 radical (unpaired) electrons. The third-order valence-corrected chi connectivity index (χ3v) is 1.58. The molecule has 0 saturated heterocycles. The van der Waals surface area contributed by atoms with E-state index in [9.17, 15) is 4.79 Å². The van der Waals surface area contributed by atoms with Crippen molar-refractivity contribution in [3.05, 3.63) is 0 Å². The van der Waals surface area contributed by atoms with E-state index >= 15 is 0 Å². The van der Waals surface area contributed by atoms with Gasteiger partial charge in [-0.05, 0) is 34.6 Å². The normalized spacial score (nSPS) is 11.7. The van der Waals surface area contributed by atoms with E-state index in [0.29, 0.717) is 12.8 Å². The Hall–Kier alpha value is -0.410. The zero-order valence-electron chi connectivity index (χ0n) is 9.87. The average molecular weight is 202 g/mol. The maximum Gasteiger partial charge on any atom is 0.158 e. The van der Waals surface area contributed by atoms with Gasteiger partial charge in [0.2, 0.25) is 0 Å². The van der Waals surface area contributed by atoms with Crippen LogP contribution in [0.4, 0.5) is 0 Å². The van der Waals surface area contributed by atoms with Crippen molar-refractivity contribution >= 4 is 5.78 Å². The van der Waals surface area contributed by atoms with E-state index in [1.54, 1.807) is 6.92 Å². The third kappa shape index (κ3) is 8.20. The quantitative estimate of drug-likeness (QED) is 0.595. The molecule has 0 heterocycles. The molecule has 0 spiro atoms. The van der Waals surface area contributed by atoms with E-state index in [2.05, 4.69) is 0 Å². The summed E-state index contributed by atoms with van der Waals surface area (Å²) in [6.45, 7) is 9.44. The first-order chi connectivity index (χ1) is 6.41. The topological polar surface area (TPSA) is 35.5 Å². The summed E-state index contributed by atoms with van der Waals surface area (Å²) >= 11 is 0. The van der Waals surface area contributed by atoms with Crippen LogP contribution in [-0.2, 0) is 14.3 Å². The molecule has 84 valence electrons. The van der Waals surface area contributed by atoms with E-state index in [4.69, 9.17) is 9.47 Å². The molecule has 3 nitrogen and oxygen atoms in total. The molecular formula is C11H22O3. The Labute approximate surface area is 86.8 Å². The molecule has 14 heavy (non-hydrogen) atoms. The number of carbonyl (C=O) groups is 1. The number of Topliss-reactive ketones (excluding diaryl/α,β-unsaturated/α-hetero) is 1. The van der Waals surface area contributed by atoms with Gasteiger partial charge in [0.05, 0.1) is 12.2 Å². The van der Waals surface area contributed by atoms with E-state index in [1.165, 1.54) is 0 Å². The Morgan fingerprint density at radius 1 is 1.07 bits per heavy atom. The first kappa shape index (κ1) is 13.6. The van der Waals surface area contributed by atoms with Gasteiger partial charge in [-0.1, -0.05) is 0 Å². The van der Waals surface area contributed by atoms with Crippen molar-refractivity contribution in [1.82, 2.24) is 0 Å². The van der Waals surface area contributed by atoms with Crippen LogP contribution in [0.25, 0.3) is 0 Å². The van der Waals surface area contributed by atoms with Gasteiger partial charge in [-0.2, -0.15) is 0 Å². The molecule has 0 aromatic carbocycles. The lowest BCUT2D eigenvalue weighted by atomic mass is 10.2. The smallest absolute Gasteiger partial charge is 0.158 e. The van der Waals surface area contributed by atoms with Gasteiger partial charge in [-0.3, -0.25) is 0 Å². The lowest BCUT2D eigenvalue weighted by Crippen LogP contribution is -2.25. The third-order valence-electron chi connectivity index (χ3n) is 1.58. The van der Waals surface area contributed by atoms with Gasteiger partial charge in [0.15, 0.2) is 6.29 Å². The van der Waals surface area contributed by atoms with Crippen LogP contribution >= 0.6 is 0 Å². The predicted molar refractivity (Wildman–Crippen MR) is 56.1 cm³/mol. The Balaban J connectivity index is 3.90. The van der Waals surface area contributed by atoms with Gasteiger partial charge < -0.3 is 14.3 Å². The highest BCUT2D eigenvalue weighted by atomic mass is 16.7. The summed E-state index contributed by atoms with van der Waals surface area (Å²) in [4.78, 5) is 10.8. The van der Waals surface area contributed by atoms with E-state index in [-0.39, 0.29) is 24.3 Å². The molecule has 0 bridgehead atoms. The van der Waals surface area contributed by atoms with Crippen molar-refractivity contribution in [1.29, 1.82) is 0 Å². The molecule has 0 aromatic rings. The van der Waals surface area contributed by atoms with E-state index < -0.39 is 0 Å². The minimum absolute atomic E-state index is 0.130. The van der Waals surface area contributed by atoms with Crippen molar-refractivity contribution in [2.24, 2.45) is 0 Å². The highest BCUT2D eigenvalue weighted by molar-refractivity contribution is 5.75. The van der Waals surface area contributed by atoms with Crippen molar-refractivity contribution in [2.45, 2.75) is 66.0 Å².